The van der Waals surface area contributed by atoms with Crippen molar-refractivity contribution >= 4 is 33.2 Å². The molecule has 2 N–H and O–H groups in total. The Hall–Kier alpha value is -3.08. The quantitative estimate of drug-likeness (QED) is 0.336. The molecule has 0 unspecified atom stereocenters. The molecule has 2 bridgehead atoms. The van der Waals surface area contributed by atoms with Gasteiger partial charge in [-0.3, -0.25) is 4.79 Å². The highest BCUT2D eigenvalue weighted by Gasteiger charge is 2.49. The maximum Gasteiger partial charge on any atom is 0.264 e. The van der Waals surface area contributed by atoms with Gasteiger partial charge in [0, 0.05) is 41.5 Å². The highest BCUT2D eigenvalue weighted by Crippen LogP contribution is 2.49. The lowest BCUT2D eigenvalue weighted by Gasteiger charge is -2.50. The van der Waals surface area contributed by atoms with Crippen LogP contribution in [0.25, 0.3) is 0 Å². The van der Waals surface area contributed by atoms with Gasteiger partial charge in [-0.2, -0.15) is 0 Å². The van der Waals surface area contributed by atoms with Crippen LogP contribution in [0.3, 0.4) is 0 Å². The van der Waals surface area contributed by atoms with Crippen molar-refractivity contribution in [2.45, 2.75) is 94.9 Å². The summed E-state index contributed by atoms with van der Waals surface area (Å²) in [6.45, 7) is 7.82. The third kappa shape index (κ3) is 6.13. The standard InChI is InChI=1S/C37H47ClN4O5S/c1-24-6-4-15-37(44,22-41-17-16-39-26(41)3)32-11-8-29(32)20-42-21-36(14-5-7-27-18-30(38)10-12-31(27)36)23-47-34-13-9-28(19-33(34)42)35(43)40-48(45,46)25(24)2/h9-10,12-13,16-19,24-25,29,32,44H,4-8,11,14-15,20-23H2,1-3H3,(H,40,43)/t24-,25+,29-,32+,36-,37-/m0/s1. The lowest BCUT2D eigenvalue weighted by atomic mass is 9.62. The van der Waals surface area contributed by atoms with Crippen molar-refractivity contribution in [2.24, 2.45) is 17.8 Å². The second kappa shape index (κ2) is 12.7. The molecule has 9 nitrogen and oxygen atoms in total. The van der Waals surface area contributed by atoms with E-state index >= 15 is 0 Å². The summed E-state index contributed by atoms with van der Waals surface area (Å²) in [7, 11) is -3.95. The molecule has 1 fully saturated rings. The number of amides is 1. The lowest BCUT2D eigenvalue weighted by Crippen LogP contribution is -2.54. The number of fused-ring (bicyclic) bond motifs is 4. The van der Waals surface area contributed by atoms with Gasteiger partial charge in [0.1, 0.15) is 11.6 Å². The number of carbonyl (C=O) groups excluding carboxylic acids is 1. The second-order valence-electron chi connectivity index (χ2n) is 15.0. The fourth-order valence-corrected chi connectivity index (χ4v) is 10.3. The molecule has 2 aliphatic heterocycles. The maximum absolute atomic E-state index is 13.5. The van der Waals surface area contributed by atoms with Gasteiger partial charge >= 0.3 is 0 Å². The monoisotopic (exact) mass is 694 g/mol. The highest BCUT2D eigenvalue weighted by molar-refractivity contribution is 7.90. The van der Waals surface area contributed by atoms with E-state index in [1.807, 2.05) is 30.7 Å². The van der Waals surface area contributed by atoms with E-state index in [0.29, 0.717) is 51.3 Å². The average Bonchev–Trinajstić information content (AvgIpc) is 3.35. The van der Waals surface area contributed by atoms with Crippen molar-refractivity contribution in [3.63, 3.8) is 0 Å². The molecule has 3 aromatic rings. The van der Waals surface area contributed by atoms with Gasteiger partial charge in [-0.05, 0) is 118 Å². The summed E-state index contributed by atoms with van der Waals surface area (Å²) in [4.78, 5) is 20.3. The molecule has 48 heavy (non-hydrogen) atoms. The number of aryl methyl sites for hydroxylation is 2. The molecule has 3 heterocycles. The first-order chi connectivity index (χ1) is 22.9. The van der Waals surface area contributed by atoms with Crippen LogP contribution in [0.4, 0.5) is 5.69 Å². The smallest absolute Gasteiger partial charge is 0.264 e. The second-order valence-corrected chi connectivity index (χ2v) is 17.5. The molecule has 0 saturated heterocycles. The van der Waals surface area contributed by atoms with E-state index in [4.69, 9.17) is 16.3 Å². The molecule has 258 valence electrons. The van der Waals surface area contributed by atoms with E-state index in [9.17, 15) is 18.3 Å². The fourth-order valence-electron chi connectivity index (χ4n) is 8.83. The van der Waals surface area contributed by atoms with Crippen LogP contribution in [0, 0.1) is 24.7 Å². The number of benzene rings is 2. The van der Waals surface area contributed by atoms with Crippen LogP contribution >= 0.6 is 11.6 Å². The Morgan fingerprint density at radius 1 is 1.10 bits per heavy atom. The van der Waals surface area contributed by atoms with Crippen LogP contribution in [-0.2, 0) is 28.4 Å². The number of hydrogen-bond acceptors (Lipinski definition) is 7. The molecule has 7 rings (SSSR count). The number of anilines is 1. The molecule has 0 radical (unpaired) electrons. The van der Waals surface area contributed by atoms with Crippen LogP contribution in [-0.4, -0.2) is 59.5 Å². The Labute approximate surface area is 289 Å². The first-order valence-electron chi connectivity index (χ1n) is 17.4. The predicted octanol–water partition coefficient (Wildman–Crippen LogP) is 6.04. The van der Waals surface area contributed by atoms with Gasteiger partial charge in [0.25, 0.3) is 5.91 Å². The van der Waals surface area contributed by atoms with Gasteiger partial charge in [0.05, 0.1) is 29.7 Å². The van der Waals surface area contributed by atoms with Gasteiger partial charge in [-0.25, -0.2) is 18.1 Å². The third-order valence-electron chi connectivity index (χ3n) is 12.0. The zero-order valence-corrected chi connectivity index (χ0v) is 29.7. The Kier molecular flexibility index (Phi) is 8.82. The summed E-state index contributed by atoms with van der Waals surface area (Å²) >= 11 is 6.45. The highest BCUT2D eigenvalue weighted by atomic mass is 35.5. The first kappa shape index (κ1) is 33.4. The molecule has 1 aromatic heterocycles. The van der Waals surface area contributed by atoms with Crippen molar-refractivity contribution in [3.05, 3.63) is 76.3 Å². The van der Waals surface area contributed by atoms with E-state index in [2.05, 4.69) is 26.7 Å². The summed E-state index contributed by atoms with van der Waals surface area (Å²) in [5, 5.41) is 12.5. The van der Waals surface area contributed by atoms with Crippen molar-refractivity contribution in [1.29, 1.82) is 0 Å². The molecular formula is C37H47ClN4O5S. The minimum atomic E-state index is -3.95. The Balaban J connectivity index is 1.31. The van der Waals surface area contributed by atoms with Crippen molar-refractivity contribution in [2.75, 3.05) is 24.6 Å². The SMILES string of the molecule is Cc1nccn1C[C@@]1(O)CCC[C@H](C)[C@@H](C)S(=O)(=O)NC(=O)c2ccc3c(c2)N(C[C@@H]2CC[C@H]21)C[C@@]1(CCCc2cc(Cl)ccc21)CO3. The van der Waals surface area contributed by atoms with E-state index in [1.54, 1.807) is 31.3 Å². The van der Waals surface area contributed by atoms with Crippen LogP contribution in [0.2, 0.25) is 5.02 Å². The van der Waals surface area contributed by atoms with Crippen LogP contribution in [0.1, 0.15) is 86.1 Å². The summed E-state index contributed by atoms with van der Waals surface area (Å²) in [6.07, 6.45) is 10.4. The largest absolute Gasteiger partial charge is 0.490 e. The Morgan fingerprint density at radius 2 is 1.94 bits per heavy atom. The Bertz CT molecular complexity index is 1810. The summed E-state index contributed by atoms with van der Waals surface area (Å²) < 4.78 is 37.9. The minimum absolute atomic E-state index is 0.0520. The molecular weight excluding hydrogens is 648 g/mol. The molecule has 6 atom stereocenters. The number of sulfonamides is 1. The van der Waals surface area contributed by atoms with Crippen molar-refractivity contribution in [1.82, 2.24) is 14.3 Å². The molecule has 11 heteroatoms. The number of aromatic nitrogens is 2. The number of imidazole rings is 1. The number of nitrogens with one attached hydrogen (secondary N) is 1. The lowest BCUT2D eigenvalue weighted by molar-refractivity contribution is -0.0995. The van der Waals surface area contributed by atoms with E-state index in [-0.39, 0.29) is 28.7 Å². The van der Waals surface area contributed by atoms with Gasteiger partial charge < -0.3 is 19.3 Å². The van der Waals surface area contributed by atoms with Gasteiger partial charge in [0.15, 0.2) is 0 Å². The van der Waals surface area contributed by atoms with Crippen molar-refractivity contribution in [3.8, 4) is 5.75 Å². The number of carbonyl (C=O) groups is 1. The summed E-state index contributed by atoms with van der Waals surface area (Å²) in [6, 6.07) is 11.4. The Morgan fingerprint density at radius 3 is 2.69 bits per heavy atom. The molecule has 2 aliphatic carbocycles. The van der Waals surface area contributed by atoms with Crippen LogP contribution in [0.5, 0.6) is 5.75 Å². The fraction of sp³-hybridized carbons (Fsp3) is 0.568. The van der Waals surface area contributed by atoms with Gasteiger partial charge in [0.2, 0.25) is 10.0 Å². The number of nitrogens with zero attached hydrogens (tertiary/aromatic N) is 3. The third-order valence-corrected chi connectivity index (χ3v) is 14.2. The van der Waals surface area contributed by atoms with Gasteiger partial charge in [-0.1, -0.05) is 31.0 Å². The minimum Gasteiger partial charge on any atom is -0.490 e. The number of aliphatic hydroxyl groups is 1. The number of ether oxygens (including phenoxy) is 1. The van der Waals surface area contributed by atoms with E-state index in [0.717, 1.165) is 48.6 Å². The zero-order chi connectivity index (χ0) is 33.8. The number of rotatable bonds is 2. The average molecular weight is 695 g/mol. The molecule has 4 aliphatic rings. The molecule has 1 amide bonds. The first-order valence-corrected chi connectivity index (χ1v) is 19.4. The molecule has 2 aromatic carbocycles. The summed E-state index contributed by atoms with van der Waals surface area (Å²) in [5.74, 6) is 0.968. The van der Waals surface area contributed by atoms with Crippen molar-refractivity contribution < 1.29 is 23.1 Å². The van der Waals surface area contributed by atoms with E-state index < -0.39 is 26.8 Å². The summed E-state index contributed by atoms with van der Waals surface area (Å²) in [5.41, 5.74) is 2.28. The maximum atomic E-state index is 13.5. The molecule has 1 spiro atoms. The predicted molar refractivity (Wildman–Crippen MR) is 187 cm³/mol. The van der Waals surface area contributed by atoms with E-state index in [1.165, 1.54) is 11.1 Å². The van der Waals surface area contributed by atoms with Crippen LogP contribution in [0.15, 0.2) is 48.8 Å². The number of halogens is 1. The topological polar surface area (TPSA) is 114 Å². The normalized spacial score (nSPS) is 31.9. The zero-order valence-electron chi connectivity index (χ0n) is 28.1. The molecule has 1 saturated carbocycles. The van der Waals surface area contributed by atoms with Gasteiger partial charge in [-0.15, -0.1) is 0 Å². The van der Waals surface area contributed by atoms with Crippen LogP contribution < -0.4 is 14.4 Å². The number of hydrogen-bond donors (Lipinski definition) is 2.